The highest BCUT2D eigenvalue weighted by Crippen LogP contribution is 2.20. The van der Waals surface area contributed by atoms with Gasteiger partial charge >= 0.3 is 0 Å². The van der Waals surface area contributed by atoms with Crippen LogP contribution >= 0.6 is 0 Å². The van der Waals surface area contributed by atoms with Gasteiger partial charge in [0.2, 0.25) is 0 Å². The van der Waals surface area contributed by atoms with Crippen LogP contribution in [0.25, 0.3) is 10.8 Å². The quantitative estimate of drug-likeness (QED) is 0.377. The van der Waals surface area contributed by atoms with Crippen LogP contribution in [0, 0.1) is 11.8 Å². The van der Waals surface area contributed by atoms with Gasteiger partial charge in [-0.2, -0.15) is 0 Å². The van der Waals surface area contributed by atoms with Crippen LogP contribution in [0.1, 0.15) is 70.3 Å². The Bertz CT molecular complexity index is 769. The van der Waals surface area contributed by atoms with Gasteiger partial charge in [0, 0.05) is 12.0 Å². The van der Waals surface area contributed by atoms with E-state index < -0.39 is 0 Å². The smallest absolute Gasteiger partial charge is 0.163 e. The molecule has 29 heavy (non-hydrogen) atoms. The first-order chi connectivity index (χ1) is 13.8. The Labute approximate surface area is 178 Å². The molecule has 1 nitrogen and oxygen atoms in total. The fraction of sp³-hybridized carbons (Fsp3) is 0.393. The molecule has 0 N–H and O–H groups in total. The average Bonchev–Trinajstić information content (AvgIpc) is 2.68. The number of benzene rings is 3. The molecule has 0 amide bonds. The zero-order chi connectivity index (χ0) is 21.6. The Morgan fingerprint density at radius 3 is 1.38 bits per heavy atom. The molecular formula is C28H38O. The molecule has 0 saturated heterocycles. The number of ketones is 1. The topological polar surface area (TPSA) is 17.1 Å². The summed E-state index contributed by atoms with van der Waals surface area (Å²) in [6, 6.07) is 24.6. The molecule has 3 aromatic rings. The number of carbonyl (C=O) groups excluding carboxylic acids is 1. The summed E-state index contributed by atoms with van der Waals surface area (Å²) in [7, 11) is 0. The van der Waals surface area contributed by atoms with Gasteiger partial charge in [-0.15, -0.1) is 0 Å². The Morgan fingerprint density at radius 2 is 0.966 bits per heavy atom. The predicted octanol–water partition coefficient (Wildman–Crippen LogP) is 8.37. The average molecular weight is 391 g/mol. The van der Waals surface area contributed by atoms with Crippen LogP contribution < -0.4 is 0 Å². The van der Waals surface area contributed by atoms with Gasteiger partial charge < -0.3 is 0 Å². The lowest BCUT2D eigenvalue weighted by molar-refractivity contribution is 0.0972. The molecule has 0 bridgehead atoms. The first-order valence-corrected chi connectivity index (χ1v) is 10.9. The molecule has 1 heteroatoms. The van der Waals surface area contributed by atoms with Gasteiger partial charge in [-0.3, -0.25) is 4.79 Å². The maximum absolute atomic E-state index is 11.3. The van der Waals surface area contributed by atoms with Crippen molar-refractivity contribution in [1.82, 2.24) is 0 Å². The largest absolute Gasteiger partial charge is 0.294 e. The Hall–Kier alpha value is -2.41. The summed E-state index contributed by atoms with van der Waals surface area (Å²) in [6.45, 7) is 13.0. The van der Waals surface area contributed by atoms with Crippen LogP contribution in [-0.2, 0) is 6.42 Å². The van der Waals surface area contributed by atoms with Crippen LogP contribution in [-0.4, -0.2) is 5.78 Å². The molecule has 0 spiro atoms. The normalized spacial score (nSPS) is 12.1. The minimum atomic E-state index is 0.312. The molecule has 0 atom stereocenters. The van der Waals surface area contributed by atoms with E-state index in [9.17, 15) is 4.79 Å². The summed E-state index contributed by atoms with van der Waals surface area (Å²) >= 11 is 0. The van der Waals surface area contributed by atoms with Gasteiger partial charge in [-0.1, -0.05) is 114 Å². The lowest BCUT2D eigenvalue weighted by atomic mass is 9.91. The molecule has 0 heterocycles. The number of rotatable bonds is 0. The molecule has 1 aliphatic carbocycles. The van der Waals surface area contributed by atoms with Crippen molar-refractivity contribution in [1.29, 1.82) is 0 Å². The van der Waals surface area contributed by atoms with Crippen LogP contribution in [0.4, 0.5) is 0 Å². The SMILES string of the molecule is CC(C)C.CC(C)C.O=C1CCCc2ccccc21.c1ccc2ccccc2c1. The van der Waals surface area contributed by atoms with Crippen LogP contribution in [0.3, 0.4) is 0 Å². The van der Waals surface area contributed by atoms with E-state index in [0.29, 0.717) is 5.78 Å². The van der Waals surface area contributed by atoms with Crippen molar-refractivity contribution in [3.05, 3.63) is 83.9 Å². The molecular weight excluding hydrogens is 352 g/mol. The first-order valence-electron chi connectivity index (χ1n) is 10.9. The fourth-order valence-electron chi connectivity index (χ4n) is 2.72. The molecule has 3 aromatic carbocycles. The third kappa shape index (κ3) is 10.6. The van der Waals surface area contributed by atoms with E-state index in [0.717, 1.165) is 36.7 Å². The second kappa shape index (κ2) is 13.7. The van der Waals surface area contributed by atoms with E-state index in [1.807, 2.05) is 24.3 Å². The third-order valence-electron chi connectivity index (χ3n) is 3.83. The third-order valence-corrected chi connectivity index (χ3v) is 3.83. The molecule has 0 fully saturated rings. The molecule has 156 valence electrons. The number of fused-ring (bicyclic) bond motifs is 2. The van der Waals surface area contributed by atoms with Gasteiger partial charge in [0.25, 0.3) is 0 Å². The van der Waals surface area contributed by atoms with Gasteiger partial charge in [0.1, 0.15) is 0 Å². The highest BCUT2D eigenvalue weighted by Gasteiger charge is 2.14. The Kier molecular flexibility index (Phi) is 11.6. The zero-order valence-corrected chi connectivity index (χ0v) is 19.1. The van der Waals surface area contributed by atoms with E-state index >= 15 is 0 Å². The Balaban J connectivity index is 0.000000215. The van der Waals surface area contributed by atoms with E-state index in [1.54, 1.807) is 0 Å². The van der Waals surface area contributed by atoms with Crippen LogP contribution in [0.2, 0.25) is 0 Å². The summed E-state index contributed by atoms with van der Waals surface area (Å²) in [5.41, 5.74) is 2.17. The van der Waals surface area contributed by atoms with Gasteiger partial charge in [0.05, 0.1) is 0 Å². The summed E-state index contributed by atoms with van der Waals surface area (Å²) in [4.78, 5) is 11.3. The monoisotopic (exact) mass is 390 g/mol. The second-order valence-electron chi connectivity index (χ2n) is 8.75. The summed E-state index contributed by atoms with van der Waals surface area (Å²) in [5, 5.41) is 2.62. The predicted molar refractivity (Wildman–Crippen MR) is 129 cm³/mol. The van der Waals surface area contributed by atoms with E-state index in [-0.39, 0.29) is 0 Å². The lowest BCUT2D eigenvalue weighted by Crippen LogP contribution is -2.09. The lowest BCUT2D eigenvalue weighted by Gasteiger charge is -2.12. The maximum atomic E-state index is 11.3. The van der Waals surface area contributed by atoms with Crippen LogP contribution in [0.5, 0.6) is 0 Å². The van der Waals surface area contributed by atoms with Crippen molar-refractivity contribution >= 4 is 16.6 Å². The molecule has 1 aliphatic rings. The molecule has 0 aromatic heterocycles. The molecule has 0 unspecified atom stereocenters. The summed E-state index contributed by atoms with van der Waals surface area (Å²) in [5.74, 6) is 1.98. The number of Topliss-reactive ketones (excluding diaryl/α,β-unsaturated/α-hetero) is 1. The molecule has 4 rings (SSSR count). The number of aryl methyl sites for hydroxylation is 1. The molecule has 0 radical (unpaired) electrons. The van der Waals surface area contributed by atoms with Gasteiger partial charge in [0.15, 0.2) is 5.78 Å². The van der Waals surface area contributed by atoms with E-state index in [2.05, 4.69) is 90.1 Å². The highest BCUT2D eigenvalue weighted by molar-refractivity contribution is 5.98. The zero-order valence-electron chi connectivity index (χ0n) is 19.1. The Morgan fingerprint density at radius 1 is 0.586 bits per heavy atom. The van der Waals surface area contributed by atoms with E-state index in [4.69, 9.17) is 0 Å². The molecule has 0 saturated carbocycles. The minimum absolute atomic E-state index is 0.312. The van der Waals surface area contributed by atoms with Crippen molar-refractivity contribution in [2.24, 2.45) is 11.8 Å². The van der Waals surface area contributed by atoms with Crippen LogP contribution in [0.15, 0.2) is 72.8 Å². The highest BCUT2D eigenvalue weighted by atomic mass is 16.1. The van der Waals surface area contributed by atoms with Gasteiger partial charge in [-0.05, 0) is 41.0 Å². The number of hydrogen-bond donors (Lipinski definition) is 0. The first kappa shape index (κ1) is 24.6. The van der Waals surface area contributed by atoms with Gasteiger partial charge in [-0.25, -0.2) is 0 Å². The minimum Gasteiger partial charge on any atom is -0.294 e. The standard InChI is InChI=1S/C10H10O.C10H8.2C4H10/c11-10-7-3-5-8-4-1-2-6-9(8)10;1-2-6-10-8-4-3-7-9(10)5-1;2*1-4(2)3/h1-2,4,6H,3,5,7H2;1-8H;2*4H,1-3H3. The fourth-order valence-corrected chi connectivity index (χ4v) is 2.72. The van der Waals surface area contributed by atoms with E-state index in [1.165, 1.54) is 16.3 Å². The van der Waals surface area contributed by atoms with Crippen molar-refractivity contribution in [3.63, 3.8) is 0 Å². The number of carbonyl (C=O) groups is 1. The van der Waals surface area contributed by atoms with Crippen molar-refractivity contribution < 1.29 is 4.79 Å². The molecule has 0 aliphatic heterocycles. The number of hydrogen-bond acceptors (Lipinski definition) is 1. The summed E-state index contributed by atoms with van der Waals surface area (Å²) < 4.78 is 0. The second-order valence-corrected chi connectivity index (χ2v) is 8.75. The summed E-state index contributed by atoms with van der Waals surface area (Å²) in [6.07, 6.45) is 2.83. The van der Waals surface area contributed by atoms with Crippen molar-refractivity contribution in [2.45, 2.75) is 60.8 Å². The maximum Gasteiger partial charge on any atom is 0.163 e. The van der Waals surface area contributed by atoms with Crippen molar-refractivity contribution in [2.75, 3.05) is 0 Å². The van der Waals surface area contributed by atoms with Crippen molar-refractivity contribution in [3.8, 4) is 0 Å².